The quantitative estimate of drug-likeness (QED) is 0.772. The average Bonchev–Trinajstić information content (AvgIpc) is 2.69. The topological polar surface area (TPSA) is 92.4 Å². The van der Waals surface area contributed by atoms with Crippen LogP contribution in [0.2, 0.25) is 0 Å². The van der Waals surface area contributed by atoms with E-state index >= 15 is 0 Å². The van der Waals surface area contributed by atoms with Gasteiger partial charge in [0.25, 0.3) is 0 Å². The van der Waals surface area contributed by atoms with E-state index in [1.807, 2.05) is 6.92 Å². The average molecular weight is 255 g/mol. The Bertz CT molecular complexity index is 446. The Hall–Kier alpha value is -1.70. The van der Waals surface area contributed by atoms with Crippen LogP contribution < -0.4 is 5.73 Å². The number of nitrogens with zero attached hydrogens (tertiary/aromatic N) is 4. The number of rotatable bonds is 3. The van der Waals surface area contributed by atoms with Crippen molar-refractivity contribution in [3.05, 3.63) is 5.01 Å². The molecule has 1 saturated heterocycles. The standard InChI is InChI=1S/C9H13N5O2S/c1-2-13-4-8(16)14(5-7(13)15)3-6-11-12-9(10)17-6/h2-5H2,1H3,(H2,10,12). The van der Waals surface area contributed by atoms with E-state index in [1.165, 1.54) is 21.1 Å². The van der Waals surface area contributed by atoms with Crippen LogP contribution >= 0.6 is 11.3 Å². The zero-order chi connectivity index (χ0) is 12.4. The van der Waals surface area contributed by atoms with Gasteiger partial charge in [0.2, 0.25) is 16.9 Å². The van der Waals surface area contributed by atoms with E-state index in [1.54, 1.807) is 0 Å². The lowest BCUT2D eigenvalue weighted by molar-refractivity contribution is -0.150. The van der Waals surface area contributed by atoms with E-state index < -0.39 is 0 Å². The second-order valence-electron chi connectivity index (χ2n) is 3.69. The molecule has 0 aliphatic carbocycles. The minimum Gasteiger partial charge on any atom is -0.374 e. The zero-order valence-corrected chi connectivity index (χ0v) is 10.2. The summed E-state index contributed by atoms with van der Waals surface area (Å²) in [6.45, 7) is 2.96. The number of aromatic nitrogens is 2. The molecular formula is C9H13N5O2S. The molecule has 0 bridgehead atoms. The lowest BCUT2D eigenvalue weighted by atomic mass is 10.3. The Kier molecular flexibility index (Phi) is 3.23. The molecule has 0 aromatic carbocycles. The van der Waals surface area contributed by atoms with Gasteiger partial charge in [-0.15, -0.1) is 10.2 Å². The summed E-state index contributed by atoms with van der Waals surface area (Å²) in [5.74, 6) is -0.107. The molecule has 2 N–H and O–H groups in total. The normalized spacial score (nSPS) is 16.8. The summed E-state index contributed by atoms with van der Waals surface area (Å²) in [7, 11) is 0. The number of piperazine rings is 1. The molecule has 0 spiro atoms. The van der Waals surface area contributed by atoms with E-state index in [9.17, 15) is 9.59 Å². The molecule has 92 valence electrons. The van der Waals surface area contributed by atoms with E-state index in [0.29, 0.717) is 23.2 Å². The second-order valence-corrected chi connectivity index (χ2v) is 4.79. The summed E-state index contributed by atoms with van der Waals surface area (Å²) in [6.07, 6.45) is 0. The van der Waals surface area contributed by atoms with Crippen LogP contribution in [0.25, 0.3) is 0 Å². The van der Waals surface area contributed by atoms with Crippen LogP contribution in [0.5, 0.6) is 0 Å². The summed E-state index contributed by atoms with van der Waals surface area (Å²) in [4.78, 5) is 26.4. The third-order valence-electron chi connectivity index (χ3n) is 2.55. The van der Waals surface area contributed by atoms with Crippen LogP contribution in [0.1, 0.15) is 11.9 Å². The molecule has 2 amide bonds. The predicted molar refractivity (Wildman–Crippen MR) is 62.0 cm³/mol. The van der Waals surface area contributed by atoms with Crippen molar-refractivity contribution in [2.24, 2.45) is 0 Å². The van der Waals surface area contributed by atoms with Gasteiger partial charge >= 0.3 is 0 Å². The summed E-state index contributed by atoms with van der Waals surface area (Å²) in [5, 5.41) is 8.52. The van der Waals surface area contributed by atoms with Crippen molar-refractivity contribution in [2.75, 3.05) is 25.4 Å². The third kappa shape index (κ3) is 2.52. The van der Waals surface area contributed by atoms with E-state index in [2.05, 4.69) is 10.2 Å². The summed E-state index contributed by atoms with van der Waals surface area (Å²) >= 11 is 1.23. The monoisotopic (exact) mass is 255 g/mol. The molecule has 2 rings (SSSR count). The van der Waals surface area contributed by atoms with Gasteiger partial charge in [0.15, 0.2) is 0 Å². The second kappa shape index (κ2) is 4.66. The molecule has 0 radical (unpaired) electrons. The first-order valence-electron chi connectivity index (χ1n) is 5.23. The number of amides is 2. The lowest BCUT2D eigenvalue weighted by Gasteiger charge is -2.32. The number of likely N-dealkylation sites (N-methyl/N-ethyl adjacent to an activating group) is 1. The van der Waals surface area contributed by atoms with Gasteiger partial charge < -0.3 is 15.5 Å². The maximum absolute atomic E-state index is 11.8. The molecule has 1 aliphatic rings. The van der Waals surface area contributed by atoms with E-state index in [-0.39, 0.29) is 24.9 Å². The van der Waals surface area contributed by atoms with Crippen LogP contribution in [0.15, 0.2) is 0 Å². The van der Waals surface area contributed by atoms with Gasteiger partial charge in [0.05, 0.1) is 13.1 Å². The summed E-state index contributed by atoms with van der Waals surface area (Å²) in [5.41, 5.74) is 5.46. The maximum atomic E-state index is 11.8. The van der Waals surface area contributed by atoms with Gasteiger partial charge in [-0.3, -0.25) is 9.59 Å². The van der Waals surface area contributed by atoms with Gasteiger partial charge in [-0.1, -0.05) is 11.3 Å². The van der Waals surface area contributed by atoms with Gasteiger partial charge in [0, 0.05) is 6.54 Å². The van der Waals surface area contributed by atoms with Gasteiger partial charge in [0.1, 0.15) is 11.6 Å². The highest BCUT2D eigenvalue weighted by Gasteiger charge is 2.29. The number of nitrogen functional groups attached to an aromatic ring is 1. The van der Waals surface area contributed by atoms with Crippen LogP contribution in [0, 0.1) is 0 Å². The van der Waals surface area contributed by atoms with Crippen molar-refractivity contribution in [3.63, 3.8) is 0 Å². The molecular weight excluding hydrogens is 242 g/mol. The van der Waals surface area contributed by atoms with Crippen LogP contribution in [-0.4, -0.2) is 51.4 Å². The fourth-order valence-electron chi connectivity index (χ4n) is 1.63. The molecule has 2 heterocycles. The molecule has 1 aromatic heterocycles. The van der Waals surface area contributed by atoms with Crippen molar-refractivity contribution in [3.8, 4) is 0 Å². The Morgan fingerprint density at radius 2 is 1.88 bits per heavy atom. The molecule has 0 unspecified atom stereocenters. The maximum Gasteiger partial charge on any atom is 0.243 e. The zero-order valence-electron chi connectivity index (χ0n) is 9.42. The minimum absolute atomic E-state index is 0.0374. The number of hydrogen-bond donors (Lipinski definition) is 1. The Labute approximate surface area is 102 Å². The fourth-order valence-corrected chi connectivity index (χ4v) is 2.25. The number of carbonyl (C=O) groups excluding carboxylic acids is 2. The highest BCUT2D eigenvalue weighted by Crippen LogP contribution is 2.15. The number of nitrogens with two attached hydrogens (primary N) is 1. The predicted octanol–water partition coefficient (Wildman–Crippen LogP) is -0.689. The molecule has 8 heteroatoms. The Balaban J connectivity index is 2.03. The van der Waals surface area contributed by atoms with Gasteiger partial charge in [-0.25, -0.2) is 0 Å². The van der Waals surface area contributed by atoms with E-state index in [0.717, 1.165) is 0 Å². The van der Waals surface area contributed by atoms with Crippen molar-refractivity contribution in [1.82, 2.24) is 20.0 Å². The van der Waals surface area contributed by atoms with Crippen molar-refractivity contribution < 1.29 is 9.59 Å². The SMILES string of the molecule is CCN1CC(=O)N(Cc2nnc(N)s2)CC1=O. The first-order valence-corrected chi connectivity index (χ1v) is 6.05. The van der Waals surface area contributed by atoms with Crippen molar-refractivity contribution in [2.45, 2.75) is 13.5 Å². The molecule has 17 heavy (non-hydrogen) atoms. The molecule has 1 aromatic rings. The largest absolute Gasteiger partial charge is 0.374 e. The van der Waals surface area contributed by atoms with Crippen LogP contribution in [0.4, 0.5) is 5.13 Å². The number of carbonyl (C=O) groups is 2. The number of anilines is 1. The molecule has 1 aliphatic heterocycles. The Morgan fingerprint density at radius 3 is 2.47 bits per heavy atom. The van der Waals surface area contributed by atoms with E-state index in [4.69, 9.17) is 5.73 Å². The van der Waals surface area contributed by atoms with Crippen molar-refractivity contribution in [1.29, 1.82) is 0 Å². The summed E-state index contributed by atoms with van der Waals surface area (Å²) < 4.78 is 0. The first-order chi connectivity index (χ1) is 8.10. The molecule has 0 atom stereocenters. The highest BCUT2D eigenvalue weighted by atomic mass is 32.1. The van der Waals surface area contributed by atoms with Gasteiger partial charge in [-0.2, -0.15) is 0 Å². The van der Waals surface area contributed by atoms with Crippen molar-refractivity contribution >= 4 is 28.3 Å². The van der Waals surface area contributed by atoms with Gasteiger partial charge in [-0.05, 0) is 6.92 Å². The molecule has 0 saturated carbocycles. The third-order valence-corrected chi connectivity index (χ3v) is 3.29. The fraction of sp³-hybridized carbons (Fsp3) is 0.556. The summed E-state index contributed by atoms with van der Waals surface area (Å²) in [6, 6.07) is 0. The molecule has 1 fully saturated rings. The number of hydrogen-bond acceptors (Lipinski definition) is 6. The van der Waals surface area contributed by atoms with Crippen LogP contribution in [-0.2, 0) is 16.1 Å². The first kappa shape index (κ1) is 11.8. The smallest absolute Gasteiger partial charge is 0.243 e. The molecule has 7 nitrogen and oxygen atoms in total. The highest BCUT2D eigenvalue weighted by molar-refractivity contribution is 7.15. The minimum atomic E-state index is -0.0692. The lowest BCUT2D eigenvalue weighted by Crippen LogP contribution is -2.53. The Morgan fingerprint density at radius 1 is 1.24 bits per heavy atom. The van der Waals surface area contributed by atoms with Crippen LogP contribution in [0.3, 0.4) is 0 Å².